The zero-order chi connectivity index (χ0) is 14.4. The number of aromatic nitrogens is 4. The number of nitrogen functional groups attached to an aromatic ring is 1. The van der Waals surface area contributed by atoms with Crippen LogP contribution in [0, 0.1) is 0 Å². The van der Waals surface area contributed by atoms with Crippen LogP contribution in [0.1, 0.15) is 6.23 Å². The summed E-state index contributed by atoms with van der Waals surface area (Å²) >= 11 is 4.20. The van der Waals surface area contributed by atoms with E-state index in [1.165, 1.54) is 10.9 Å². The van der Waals surface area contributed by atoms with Gasteiger partial charge in [-0.15, -0.1) is 12.6 Å². The number of rotatable bonds is 2. The first-order valence-corrected chi connectivity index (χ1v) is 6.29. The molecule has 0 radical (unpaired) electrons. The van der Waals surface area contributed by atoms with Crippen molar-refractivity contribution >= 4 is 29.6 Å². The van der Waals surface area contributed by atoms with Gasteiger partial charge in [-0.1, -0.05) is 0 Å². The molecule has 0 amide bonds. The monoisotopic (exact) mass is 299 g/mol. The van der Waals surface area contributed by atoms with E-state index in [1.54, 1.807) is 0 Å². The highest BCUT2D eigenvalue weighted by Gasteiger charge is 2.44. The van der Waals surface area contributed by atoms with E-state index in [-0.39, 0.29) is 11.0 Å². The van der Waals surface area contributed by atoms with Gasteiger partial charge < -0.3 is 25.8 Å². The van der Waals surface area contributed by atoms with Crippen molar-refractivity contribution in [3.63, 3.8) is 0 Å². The Morgan fingerprint density at radius 1 is 1.35 bits per heavy atom. The van der Waals surface area contributed by atoms with Crippen molar-refractivity contribution in [2.24, 2.45) is 0 Å². The Morgan fingerprint density at radius 2 is 2.10 bits per heavy atom. The molecule has 5 N–H and O–H groups in total. The molecular formula is C10H13N5O4S. The van der Waals surface area contributed by atoms with E-state index >= 15 is 0 Å². The van der Waals surface area contributed by atoms with Gasteiger partial charge in [0.05, 0.1) is 6.61 Å². The van der Waals surface area contributed by atoms with Gasteiger partial charge in [-0.05, 0) is 0 Å². The van der Waals surface area contributed by atoms with E-state index in [4.69, 9.17) is 15.6 Å². The number of ether oxygens (including phenoxy) is 1. The lowest BCUT2D eigenvalue weighted by molar-refractivity contribution is -0.0547. The summed E-state index contributed by atoms with van der Waals surface area (Å²) in [4.78, 5) is 12.0. The molecule has 108 valence electrons. The van der Waals surface area contributed by atoms with E-state index in [9.17, 15) is 10.2 Å². The lowest BCUT2D eigenvalue weighted by Crippen LogP contribution is -2.33. The van der Waals surface area contributed by atoms with Gasteiger partial charge in [0, 0.05) is 0 Å². The Labute approximate surface area is 118 Å². The van der Waals surface area contributed by atoms with Crippen LogP contribution in [0.15, 0.2) is 11.5 Å². The summed E-state index contributed by atoms with van der Waals surface area (Å²) in [6, 6.07) is 0. The topological polar surface area (TPSA) is 140 Å². The Bertz CT molecular complexity index is 650. The van der Waals surface area contributed by atoms with E-state index in [0.717, 1.165) is 0 Å². The summed E-state index contributed by atoms with van der Waals surface area (Å²) < 4.78 is 6.83. The van der Waals surface area contributed by atoms with Gasteiger partial charge in [0.1, 0.15) is 24.6 Å². The molecule has 1 fully saturated rings. The molecule has 3 rings (SSSR count). The number of fused-ring (bicyclic) bond motifs is 1. The summed E-state index contributed by atoms with van der Waals surface area (Å²) in [5.74, 6) is 0.177. The summed E-state index contributed by atoms with van der Waals surface area (Å²) in [6.07, 6.45) is -3.06. The van der Waals surface area contributed by atoms with Crippen LogP contribution in [-0.4, -0.2) is 59.8 Å². The van der Waals surface area contributed by atoms with Gasteiger partial charge in [0.2, 0.25) is 0 Å². The fourth-order valence-corrected chi connectivity index (χ4v) is 2.55. The minimum atomic E-state index is -1.24. The molecule has 9 nitrogen and oxygen atoms in total. The first-order valence-electron chi connectivity index (χ1n) is 5.84. The van der Waals surface area contributed by atoms with Crippen LogP contribution in [0.2, 0.25) is 0 Å². The van der Waals surface area contributed by atoms with Gasteiger partial charge in [-0.3, -0.25) is 4.57 Å². The molecule has 1 saturated heterocycles. The number of hydrogen-bond donors (Lipinski definition) is 5. The average molecular weight is 299 g/mol. The van der Waals surface area contributed by atoms with Crippen molar-refractivity contribution in [1.29, 1.82) is 0 Å². The summed E-state index contributed by atoms with van der Waals surface area (Å²) in [6.45, 7) is -0.416. The highest BCUT2D eigenvalue weighted by Crippen LogP contribution is 2.34. The van der Waals surface area contributed by atoms with Gasteiger partial charge in [-0.2, -0.15) is 0 Å². The molecule has 0 saturated carbocycles. The number of nitrogens with two attached hydrogens (primary N) is 1. The van der Waals surface area contributed by atoms with Gasteiger partial charge >= 0.3 is 0 Å². The molecule has 0 spiro atoms. The number of nitrogens with zero attached hydrogens (tertiary/aromatic N) is 4. The number of aliphatic hydroxyl groups excluding tert-OH is 3. The second-order valence-electron chi connectivity index (χ2n) is 4.44. The van der Waals surface area contributed by atoms with Gasteiger partial charge in [-0.25, -0.2) is 15.0 Å². The maximum atomic E-state index is 10.0. The lowest BCUT2D eigenvalue weighted by Gasteiger charge is -2.17. The Balaban J connectivity index is 2.11. The third kappa shape index (κ3) is 1.84. The van der Waals surface area contributed by atoms with Gasteiger partial charge in [0.15, 0.2) is 28.4 Å². The molecule has 20 heavy (non-hydrogen) atoms. The van der Waals surface area contributed by atoms with Crippen LogP contribution in [0.25, 0.3) is 11.2 Å². The third-order valence-corrected chi connectivity index (χ3v) is 3.57. The lowest BCUT2D eigenvalue weighted by atomic mass is 10.1. The Hall–Kier alpha value is -1.46. The molecule has 0 bridgehead atoms. The second-order valence-corrected chi connectivity index (χ2v) is 4.84. The Kier molecular flexibility index (Phi) is 3.26. The predicted octanol–water partition coefficient (Wildman–Crippen LogP) is -1.69. The third-order valence-electron chi connectivity index (χ3n) is 3.26. The quantitative estimate of drug-likeness (QED) is 0.414. The van der Waals surface area contributed by atoms with E-state index in [2.05, 4.69) is 27.6 Å². The highest BCUT2D eigenvalue weighted by atomic mass is 32.1. The number of imidazole rings is 1. The minimum Gasteiger partial charge on any atom is -0.394 e. The molecular weight excluding hydrogens is 286 g/mol. The zero-order valence-electron chi connectivity index (χ0n) is 10.2. The maximum absolute atomic E-state index is 10.0. The maximum Gasteiger partial charge on any atom is 0.169 e. The van der Waals surface area contributed by atoms with Crippen LogP contribution in [-0.2, 0) is 4.74 Å². The standard InChI is InChI=1S/C10H13N5O4S/c11-7-4-8(13-2-12-7)15(10(20)14-4)9-6(18)5(17)3(1-16)19-9/h2-3,5-6,9,16-18H,1H2,(H,14,20)(H2,11,12,13)/t3-,5-,6-,9-/m1/s1. The van der Waals surface area contributed by atoms with Crippen molar-refractivity contribution in [3.8, 4) is 0 Å². The second kappa shape index (κ2) is 4.82. The van der Waals surface area contributed by atoms with Crippen molar-refractivity contribution in [2.75, 3.05) is 12.3 Å². The predicted molar refractivity (Wildman–Crippen MR) is 70.0 cm³/mol. The van der Waals surface area contributed by atoms with Crippen LogP contribution in [0.3, 0.4) is 0 Å². The summed E-state index contributed by atoms with van der Waals surface area (Å²) in [5, 5.41) is 29.2. The normalized spacial score (nSPS) is 30.2. The largest absolute Gasteiger partial charge is 0.394 e. The van der Waals surface area contributed by atoms with Crippen molar-refractivity contribution in [1.82, 2.24) is 19.5 Å². The fourth-order valence-electron chi connectivity index (χ4n) is 2.24. The molecule has 0 aromatic carbocycles. The van der Waals surface area contributed by atoms with Crippen LogP contribution in [0.5, 0.6) is 0 Å². The molecule has 0 aliphatic carbocycles. The first kappa shape index (κ1) is 13.5. The van der Waals surface area contributed by atoms with E-state index < -0.39 is 31.1 Å². The molecule has 1 aliphatic rings. The first-order chi connectivity index (χ1) is 9.54. The number of aliphatic hydroxyl groups is 3. The van der Waals surface area contributed by atoms with E-state index in [0.29, 0.717) is 11.2 Å². The molecule has 4 atom stereocenters. The summed E-state index contributed by atoms with van der Waals surface area (Å²) in [5.41, 5.74) is 6.36. The molecule has 2 aromatic rings. The SMILES string of the molecule is Nc1ncnc2c1nc(S)n2[C@@H]1O[C@H](CO)[C@@H](O)[C@H]1O. The minimum absolute atomic E-state index is 0.177. The van der Waals surface area contributed by atoms with E-state index in [1.807, 2.05) is 0 Å². The number of thiol groups is 1. The fraction of sp³-hybridized carbons (Fsp3) is 0.500. The van der Waals surface area contributed by atoms with Gasteiger partial charge in [0.25, 0.3) is 0 Å². The van der Waals surface area contributed by atoms with Crippen molar-refractivity contribution < 1.29 is 20.1 Å². The van der Waals surface area contributed by atoms with Crippen LogP contribution >= 0.6 is 12.6 Å². The van der Waals surface area contributed by atoms with Crippen molar-refractivity contribution in [2.45, 2.75) is 29.7 Å². The molecule has 2 aromatic heterocycles. The molecule has 10 heteroatoms. The molecule has 3 heterocycles. The average Bonchev–Trinajstić information content (AvgIpc) is 2.90. The Morgan fingerprint density at radius 3 is 2.75 bits per heavy atom. The molecule has 1 aliphatic heterocycles. The summed E-state index contributed by atoms with van der Waals surface area (Å²) in [7, 11) is 0. The smallest absolute Gasteiger partial charge is 0.169 e. The molecule has 0 unspecified atom stereocenters. The zero-order valence-corrected chi connectivity index (χ0v) is 11.1. The highest BCUT2D eigenvalue weighted by molar-refractivity contribution is 7.80. The van der Waals surface area contributed by atoms with Crippen LogP contribution < -0.4 is 5.73 Å². The van der Waals surface area contributed by atoms with Crippen LogP contribution in [0.4, 0.5) is 5.82 Å². The number of hydrogen-bond acceptors (Lipinski definition) is 9. The number of anilines is 1. The van der Waals surface area contributed by atoms with Crippen molar-refractivity contribution in [3.05, 3.63) is 6.33 Å².